The monoisotopic (exact) mass is 405 g/mol. The molecular weight excluding hydrogens is 382 g/mol. The molecule has 0 spiro atoms. The number of carbonyl (C=O) groups excluding carboxylic acids is 2. The van der Waals surface area contributed by atoms with Gasteiger partial charge in [0, 0.05) is 18.2 Å². The van der Waals surface area contributed by atoms with Crippen molar-refractivity contribution in [3.63, 3.8) is 0 Å². The highest BCUT2D eigenvalue weighted by Gasteiger charge is 2.30. The number of benzene rings is 1. The molecule has 1 aliphatic carbocycles. The number of carbonyl (C=O) groups is 2. The molecule has 1 aliphatic heterocycles. The Bertz CT molecular complexity index is 1120. The number of hydrogen-bond donors (Lipinski definition) is 2. The van der Waals surface area contributed by atoms with Crippen LogP contribution < -0.4 is 5.32 Å². The van der Waals surface area contributed by atoms with Crippen molar-refractivity contribution in [3.05, 3.63) is 69.9 Å². The van der Waals surface area contributed by atoms with Crippen LogP contribution in [-0.2, 0) is 19.4 Å². The average molecular weight is 405 g/mol. The molecule has 0 saturated carbocycles. The highest BCUT2D eigenvalue weighted by atomic mass is 16.5. The topological polar surface area (TPSA) is 104 Å². The average Bonchev–Trinajstić information content (AvgIpc) is 3.39. The molecule has 8 nitrogen and oxygen atoms in total. The summed E-state index contributed by atoms with van der Waals surface area (Å²) in [7, 11) is 0. The van der Waals surface area contributed by atoms with Gasteiger partial charge in [-0.1, -0.05) is 29.4 Å². The molecule has 2 amide bonds. The lowest BCUT2D eigenvalue weighted by molar-refractivity contribution is 0.0722. The second kappa shape index (κ2) is 7.44. The fourth-order valence-corrected chi connectivity index (χ4v) is 4.44. The molecule has 3 aromatic rings. The molecule has 3 heterocycles. The zero-order valence-electron chi connectivity index (χ0n) is 16.8. The number of hydrogen-bond acceptors (Lipinski definition) is 5. The Labute approximate surface area is 173 Å². The summed E-state index contributed by atoms with van der Waals surface area (Å²) in [6.07, 6.45) is 3.60. The maximum Gasteiger partial charge on any atom is 0.276 e. The summed E-state index contributed by atoms with van der Waals surface area (Å²) in [5, 5.41) is 14.2. The minimum Gasteiger partial charge on any atom is -0.361 e. The van der Waals surface area contributed by atoms with Gasteiger partial charge in [0.15, 0.2) is 11.4 Å². The van der Waals surface area contributed by atoms with Crippen LogP contribution in [0.15, 0.2) is 34.9 Å². The minimum atomic E-state index is -0.183. The van der Waals surface area contributed by atoms with Crippen LogP contribution in [0.2, 0.25) is 0 Å². The Kier molecular flexibility index (Phi) is 4.61. The van der Waals surface area contributed by atoms with E-state index in [-0.39, 0.29) is 17.9 Å². The molecule has 2 aromatic heterocycles. The Morgan fingerprint density at radius 1 is 1.27 bits per heavy atom. The first-order valence-corrected chi connectivity index (χ1v) is 10.3. The van der Waals surface area contributed by atoms with Gasteiger partial charge in [-0.05, 0) is 43.7 Å². The second-order valence-electron chi connectivity index (χ2n) is 7.95. The predicted molar refractivity (Wildman–Crippen MR) is 108 cm³/mol. The quantitative estimate of drug-likeness (QED) is 0.697. The Hall–Kier alpha value is -3.42. The SMILES string of the molecule is Cc1cc(C(=O)N2CCc3c(C(=O)NC4CCCc5ccccc54)n[nH]c3C2)no1. The van der Waals surface area contributed by atoms with E-state index in [1.807, 2.05) is 12.1 Å². The van der Waals surface area contributed by atoms with Gasteiger partial charge in [0.25, 0.3) is 11.8 Å². The number of fused-ring (bicyclic) bond motifs is 2. The standard InChI is InChI=1S/C22H23N5O3/c1-13-11-18(26-30-13)22(29)27-10-9-16-19(12-27)24-25-20(16)21(28)23-17-8-4-6-14-5-2-3-7-15(14)17/h2-3,5,7,11,17H,4,6,8-10,12H2,1H3,(H,23,28)(H,24,25). The third-order valence-corrected chi connectivity index (χ3v) is 5.96. The number of rotatable bonds is 3. The molecule has 2 N–H and O–H groups in total. The van der Waals surface area contributed by atoms with Crippen LogP contribution in [0.5, 0.6) is 0 Å². The maximum atomic E-state index is 13.0. The van der Waals surface area contributed by atoms with E-state index >= 15 is 0 Å². The first-order chi connectivity index (χ1) is 14.6. The Morgan fingerprint density at radius 3 is 2.97 bits per heavy atom. The van der Waals surface area contributed by atoms with E-state index in [0.717, 1.165) is 30.5 Å². The van der Waals surface area contributed by atoms with Crippen molar-refractivity contribution in [1.29, 1.82) is 0 Å². The van der Waals surface area contributed by atoms with E-state index in [0.29, 0.717) is 36.7 Å². The van der Waals surface area contributed by atoms with Gasteiger partial charge < -0.3 is 14.7 Å². The first-order valence-electron chi connectivity index (χ1n) is 10.3. The first kappa shape index (κ1) is 18.6. The van der Waals surface area contributed by atoms with Crippen molar-refractivity contribution in [2.45, 2.75) is 45.2 Å². The number of aromatic amines is 1. The molecule has 0 fully saturated rings. The molecule has 2 aliphatic rings. The summed E-state index contributed by atoms with van der Waals surface area (Å²) in [4.78, 5) is 27.3. The highest BCUT2D eigenvalue weighted by Crippen LogP contribution is 2.30. The maximum absolute atomic E-state index is 13.0. The third-order valence-electron chi connectivity index (χ3n) is 5.96. The third kappa shape index (κ3) is 3.28. The van der Waals surface area contributed by atoms with Gasteiger partial charge in [-0.25, -0.2) is 0 Å². The molecular formula is C22H23N5O3. The van der Waals surface area contributed by atoms with Crippen LogP contribution in [-0.4, -0.2) is 38.6 Å². The zero-order chi connectivity index (χ0) is 20.7. The van der Waals surface area contributed by atoms with E-state index < -0.39 is 0 Å². The number of aryl methyl sites for hydroxylation is 2. The van der Waals surface area contributed by atoms with Crippen molar-refractivity contribution >= 4 is 11.8 Å². The molecule has 0 bridgehead atoms. The number of H-pyrrole nitrogens is 1. The van der Waals surface area contributed by atoms with Crippen molar-refractivity contribution < 1.29 is 14.1 Å². The van der Waals surface area contributed by atoms with Crippen LogP contribution in [0.1, 0.15) is 68.0 Å². The van der Waals surface area contributed by atoms with Crippen LogP contribution in [0.4, 0.5) is 0 Å². The van der Waals surface area contributed by atoms with Crippen molar-refractivity contribution in [3.8, 4) is 0 Å². The normalized spacial score (nSPS) is 17.9. The minimum absolute atomic E-state index is 0.00636. The lowest BCUT2D eigenvalue weighted by Gasteiger charge is -2.27. The molecule has 5 rings (SSSR count). The summed E-state index contributed by atoms with van der Waals surface area (Å²) >= 11 is 0. The van der Waals surface area contributed by atoms with Crippen molar-refractivity contribution in [2.75, 3.05) is 6.54 Å². The molecule has 0 radical (unpaired) electrons. The van der Waals surface area contributed by atoms with E-state index in [1.165, 1.54) is 11.1 Å². The number of nitrogens with one attached hydrogen (secondary N) is 2. The van der Waals surface area contributed by atoms with E-state index in [2.05, 4.69) is 32.8 Å². The fourth-order valence-electron chi connectivity index (χ4n) is 4.44. The van der Waals surface area contributed by atoms with Gasteiger partial charge >= 0.3 is 0 Å². The van der Waals surface area contributed by atoms with Gasteiger partial charge in [0.1, 0.15) is 5.76 Å². The van der Waals surface area contributed by atoms with Gasteiger partial charge in [0.05, 0.1) is 18.3 Å². The second-order valence-corrected chi connectivity index (χ2v) is 7.95. The highest BCUT2D eigenvalue weighted by molar-refractivity contribution is 5.95. The zero-order valence-corrected chi connectivity index (χ0v) is 16.8. The number of nitrogens with zero attached hydrogens (tertiary/aromatic N) is 3. The summed E-state index contributed by atoms with van der Waals surface area (Å²) in [5.74, 6) is 0.249. The van der Waals surface area contributed by atoms with Crippen molar-refractivity contribution in [1.82, 2.24) is 25.6 Å². The molecule has 0 saturated heterocycles. The number of amides is 2. The largest absolute Gasteiger partial charge is 0.361 e. The van der Waals surface area contributed by atoms with Crippen molar-refractivity contribution in [2.24, 2.45) is 0 Å². The molecule has 30 heavy (non-hydrogen) atoms. The lowest BCUT2D eigenvalue weighted by Crippen LogP contribution is -2.37. The smallest absolute Gasteiger partial charge is 0.276 e. The fraction of sp³-hybridized carbons (Fsp3) is 0.364. The van der Waals surface area contributed by atoms with Crippen LogP contribution in [0.25, 0.3) is 0 Å². The predicted octanol–water partition coefficient (Wildman–Crippen LogP) is 2.71. The molecule has 1 atom stereocenters. The number of aromatic nitrogens is 3. The summed E-state index contributed by atoms with van der Waals surface area (Å²) in [6.45, 7) is 2.62. The van der Waals surface area contributed by atoms with E-state index in [9.17, 15) is 9.59 Å². The van der Waals surface area contributed by atoms with Gasteiger partial charge in [-0.3, -0.25) is 14.7 Å². The van der Waals surface area contributed by atoms with Gasteiger partial charge in [-0.15, -0.1) is 0 Å². The molecule has 1 unspecified atom stereocenters. The Morgan fingerprint density at radius 2 is 2.13 bits per heavy atom. The van der Waals surface area contributed by atoms with Crippen LogP contribution >= 0.6 is 0 Å². The van der Waals surface area contributed by atoms with Crippen LogP contribution in [0, 0.1) is 6.92 Å². The van der Waals surface area contributed by atoms with Gasteiger partial charge in [-0.2, -0.15) is 5.10 Å². The van der Waals surface area contributed by atoms with Crippen LogP contribution in [0.3, 0.4) is 0 Å². The molecule has 8 heteroatoms. The summed E-state index contributed by atoms with van der Waals surface area (Å²) in [5.41, 5.74) is 4.90. The summed E-state index contributed by atoms with van der Waals surface area (Å²) < 4.78 is 5.01. The van der Waals surface area contributed by atoms with E-state index in [1.54, 1.807) is 17.9 Å². The molecule has 154 valence electrons. The lowest BCUT2D eigenvalue weighted by atomic mass is 9.87. The van der Waals surface area contributed by atoms with Gasteiger partial charge in [0.2, 0.25) is 0 Å². The molecule has 1 aromatic carbocycles. The Balaban J connectivity index is 1.31. The summed E-state index contributed by atoms with van der Waals surface area (Å²) in [6, 6.07) is 9.92. The van der Waals surface area contributed by atoms with E-state index in [4.69, 9.17) is 4.52 Å².